The summed E-state index contributed by atoms with van der Waals surface area (Å²) in [6.45, 7) is 2.00. The molecule has 2 rings (SSSR count). The van der Waals surface area contributed by atoms with Crippen molar-refractivity contribution in [1.29, 1.82) is 0 Å². The van der Waals surface area contributed by atoms with Gasteiger partial charge in [0, 0.05) is 20.3 Å². The van der Waals surface area contributed by atoms with Gasteiger partial charge in [0.05, 0.1) is 4.92 Å². The molecular weight excluding hydrogens is 210 g/mol. The van der Waals surface area contributed by atoms with Crippen molar-refractivity contribution in [2.75, 3.05) is 13.2 Å². The fourth-order valence-corrected chi connectivity index (χ4v) is 1.37. The van der Waals surface area contributed by atoms with Crippen LogP contribution in [0.4, 0.5) is 5.69 Å². The molecule has 0 amide bonds. The van der Waals surface area contributed by atoms with Crippen LogP contribution in [0.5, 0.6) is 0 Å². The van der Waals surface area contributed by atoms with Crippen molar-refractivity contribution < 1.29 is 9.66 Å². The smallest absolute Gasteiger partial charge is 0.306 e. The third-order valence-corrected chi connectivity index (χ3v) is 2.23. The van der Waals surface area contributed by atoms with Crippen molar-refractivity contribution >= 4 is 5.69 Å². The maximum absolute atomic E-state index is 9.97. The molecule has 1 aromatic rings. The van der Waals surface area contributed by atoms with Gasteiger partial charge in [-0.05, 0) is 12.8 Å². The monoisotopic (exact) mass is 227 g/mol. The molecule has 0 atom stereocenters. The van der Waals surface area contributed by atoms with Crippen LogP contribution in [0, 0.1) is 10.1 Å². The molecule has 2 heterocycles. The number of aromatic nitrogens is 2. The molecule has 6 heteroatoms. The first-order valence-electron chi connectivity index (χ1n) is 5.41. The predicted molar refractivity (Wildman–Crippen MR) is 59.1 cm³/mol. The first-order valence-corrected chi connectivity index (χ1v) is 5.41. The van der Waals surface area contributed by atoms with E-state index in [2.05, 4.69) is 5.10 Å². The van der Waals surface area contributed by atoms with Gasteiger partial charge < -0.3 is 4.74 Å². The minimum atomic E-state index is -0.479. The van der Waals surface area contributed by atoms with Crippen LogP contribution in [-0.4, -0.2) is 27.9 Å². The van der Waals surface area contributed by atoms with Crippen LogP contribution in [0.1, 0.15) is 25.7 Å². The van der Waals surface area contributed by atoms with Crippen molar-refractivity contribution in [2.24, 2.45) is 7.05 Å². The van der Waals surface area contributed by atoms with Gasteiger partial charge in [-0.2, -0.15) is 5.10 Å². The average molecular weight is 227 g/mol. The van der Waals surface area contributed by atoms with E-state index < -0.39 is 4.92 Å². The van der Waals surface area contributed by atoms with Gasteiger partial charge in [-0.25, -0.2) is 0 Å². The number of nitrogens with zero attached hydrogens (tertiary/aromatic N) is 3. The second kappa shape index (κ2) is 6.95. The highest BCUT2D eigenvalue weighted by Gasteiger charge is 2.05. The zero-order valence-corrected chi connectivity index (χ0v) is 9.46. The molecule has 1 saturated heterocycles. The van der Waals surface area contributed by atoms with E-state index >= 15 is 0 Å². The largest absolute Gasteiger partial charge is 0.381 e. The van der Waals surface area contributed by atoms with E-state index in [4.69, 9.17) is 4.74 Å². The average Bonchev–Trinajstić information content (AvgIpc) is 2.55. The summed E-state index contributed by atoms with van der Waals surface area (Å²) in [6, 6.07) is 0. The van der Waals surface area contributed by atoms with Crippen molar-refractivity contribution in [3.05, 3.63) is 22.5 Å². The Bertz CT molecular complexity index is 305. The number of hydrogen-bond acceptors (Lipinski definition) is 4. The van der Waals surface area contributed by atoms with Crippen molar-refractivity contribution in [2.45, 2.75) is 25.7 Å². The fourth-order valence-electron chi connectivity index (χ4n) is 1.37. The minimum absolute atomic E-state index is 0.0255. The predicted octanol–water partition coefficient (Wildman–Crippen LogP) is 1.91. The molecule has 0 unspecified atom stereocenters. The van der Waals surface area contributed by atoms with Gasteiger partial charge in [0.25, 0.3) is 0 Å². The van der Waals surface area contributed by atoms with Crippen LogP contribution >= 0.6 is 0 Å². The Balaban J connectivity index is 0.000000165. The summed E-state index contributed by atoms with van der Waals surface area (Å²) in [5.74, 6) is 0. The normalized spacial score (nSPS) is 15.8. The van der Waals surface area contributed by atoms with Crippen LogP contribution in [0.25, 0.3) is 0 Å². The summed E-state index contributed by atoms with van der Waals surface area (Å²) < 4.78 is 6.58. The van der Waals surface area contributed by atoms with E-state index in [1.54, 1.807) is 7.05 Å². The van der Waals surface area contributed by atoms with Crippen LogP contribution < -0.4 is 0 Å². The SMILES string of the molecule is C1CCCOCC1.Cn1cc([N+](=O)[O-])cn1. The molecule has 1 fully saturated rings. The molecule has 0 aromatic carbocycles. The lowest BCUT2D eigenvalue weighted by atomic mass is 10.2. The van der Waals surface area contributed by atoms with E-state index in [0.717, 1.165) is 13.2 Å². The summed E-state index contributed by atoms with van der Waals surface area (Å²) in [6.07, 6.45) is 7.86. The zero-order chi connectivity index (χ0) is 11.8. The van der Waals surface area contributed by atoms with E-state index in [1.165, 1.54) is 42.8 Å². The topological polar surface area (TPSA) is 70.2 Å². The van der Waals surface area contributed by atoms with Crippen LogP contribution in [0.2, 0.25) is 0 Å². The Morgan fingerprint density at radius 1 is 1.38 bits per heavy atom. The highest BCUT2D eigenvalue weighted by Crippen LogP contribution is 2.05. The molecule has 1 aromatic heterocycles. The van der Waals surface area contributed by atoms with Gasteiger partial charge in [0.2, 0.25) is 0 Å². The maximum atomic E-state index is 9.97. The van der Waals surface area contributed by atoms with Gasteiger partial charge in [0.15, 0.2) is 0 Å². The Morgan fingerprint density at radius 2 is 2.00 bits per heavy atom. The van der Waals surface area contributed by atoms with Crippen LogP contribution in [0.15, 0.2) is 12.4 Å². The van der Waals surface area contributed by atoms with Crippen LogP contribution in [0.3, 0.4) is 0 Å². The molecule has 6 nitrogen and oxygen atoms in total. The van der Waals surface area contributed by atoms with Crippen molar-refractivity contribution in [1.82, 2.24) is 9.78 Å². The summed E-state index contributed by atoms with van der Waals surface area (Å²) in [7, 11) is 1.63. The highest BCUT2D eigenvalue weighted by atomic mass is 16.6. The highest BCUT2D eigenvalue weighted by molar-refractivity contribution is 5.20. The zero-order valence-electron chi connectivity index (χ0n) is 9.46. The molecule has 0 saturated carbocycles. The second-order valence-electron chi connectivity index (χ2n) is 3.66. The van der Waals surface area contributed by atoms with Gasteiger partial charge >= 0.3 is 5.69 Å². The lowest BCUT2D eigenvalue weighted by Gasteiger charge is -1.91. The molecule has 0 bridgehead atoms. The standard InChI is InChI=1S/C6H12O.C4H5N3O2/c1-2-4-6-7-5-3-1;1-6-3-4(2-5-6)7(8)9/h1-6H2;2-3H,1H3. The van der Waals surface area contributed by atoms with Crippen LogP contribution in [-0.2, 0) is 11.8 Å². The molecule has 90 valence electrons. The molecule has 16 heavy (non-hydrogen) atoms. The molecule has 0 spiro atoms. The Morgan fingerprint density at radius 3 is 2.38 bits per heavy atom. The lowest BCUT2D eigenvalue weighted by Crippen LogP contribution is -1.89. The van der Waals surface area contributed by atoms with Crippen molar-refractivity contribution in [3.8, 4) is 0 Å². The summed E-state index contributed by atoms with van der Waals surface area (Å²) >= 11 is 0. The number of ether oxygens (including phenoxy) is 1. The van der Waals surface area contributed by atoms with Gasteiger partial charge in [-0.3, -0.25) is 14.8 Å². The minimum Gasteiger partial charge on any atom is -0.381 e. The number of rotatable bonds is 1. The van der Waals surface area contributed by atoms with E-state index in [1.807, 2.05) is 0 Å². The first kappa shape index (κ1) is 12.6. The first-order chi connectivity index (χ1) is 7.70. The molecule has 0 radical (unpaired) electrons. The molecule has 1 aliphatic heterocycles. The summed E-state index contributed by atoms with van der Waals surface area (Å²) in [4.78, 5) is 9.49. The summed E-state index contributed by atoms with van der Waals surface area (Å²) in [5, 5.41) is 13.6. The van der Waals surface area contributed by atoms with Crippen molar-refractivity contribution in [3.63, 3.8) is 0 Å². The molecule has 0 N–H and O–H groups in total. The summed E-state index contributed by atoms with van der Waals surface area (Å²) in [5.41, 5.74) is 0.0255. The molecule has 1 aliphatic rings. The van der Waals surface area contributed by atoms with Gasteiger partial charge in [-0.15, -0.1) is 0 Å². The van der Waals surface area contributed by atoms with E-state index in [9.17, 15) is 10.1 Å². The Kier molecular flexibility index (Phi) is 5.49. The van der Waals surface area contributed by atoms with E-state index in [0.29, 0.717) is 0 Å². The number of aryl methyl sites for hydroxylation is 1. The molecule has 0 aliphatic carbocycles. The maximum Gasteiger partial charge on any atom is 0.306 e. The fraction of sp³-hybridized carbons (Fsp3) is 0.700. The Labute approximate surface area is 94.4 Å². The number of hydrogen-bond donors (Lipinski definition) is 0. The lowest BCUT2D eigenvalue weighted by molar-refractivity contribution is -0.384. The van der Waals surface area contributed by atoms with E-state index in [-0.39, 0.29) is 5.69 Å². The third kappa shape index (κ3) is 4.88. The van der Waals surface area contributed by atoms with Gasteiger partial charge in [-0.1, -0.05) is 12.8 Å². The quantitative estimate of drug-likeness (QED) is 0.542. The molecular formula is C10H17N3O3. The number of nitro groups is 1. The Hall–Kier alpha value is -1.43. The second-order valence-corrected chi connectivity index (χ2v) is 3.66. The van der Waals surface area contributed by atoms with Gasteiger partial charge in [0.1, 0.15) is 12.4 Å². The third-order valence-electron chi connectivity index (χ3n) is 2.23.